The number of rotatable bonds is 19. The number of quaternary nitrogens is 1. The van der Waals surface area contributed by atoms with E-state index in [9.17, 15) is 13.0 Å². The lowest BCUT2D eigenvalue weighted by Crippen LogP contribution is -2.72. The third-order valence-corrected chi connectivity index (χ3v) is 6.84. The second kappa shape index (κ2) is 19.9. The summed E-state index contributed by atoms with van der Waals surface area (Å²) in [5.41, 5.74) is 5.78. The SMILES string of the molecule is CCCCCCCCCCCCCCCCCC1=[NH+]CC[N+]1(C)CCN.COS(=O)(=O)[O-]. The van der Waals surface area contributed by atoms with Crippen molar-refractivity contribution in [3.63, 3.8) is 0 Å². The summed E-state index contributed by atoms with van der Waals surface area (Å²) in [6, 6.07) is 0. The lowest BCUT2D eigenvalue weighted by atomic mass is 10.0. The molecule has 0 saturated carbocycles. The number of amidine groups is 1. The third-order valence-electron chi connectivity index (χ3n) is 6.43. The first kappa shape index (κ1) is 31.5. The van der Waals surface area contributed by atoms with Crippen LogP contribution < -0.4 is 10.7 Å². The largest absolute Gasteiger partial charge is 0.726 e. The Hall–Kier alpha value is -0.540. The van der Waals surface area contributed by atoms with E-state index < -0.39 is 10.4 Å². The van der Waals surface area contributed by atoms with Crippen LogP contribution in [0.1, 0.15) is 110 Å². The van der Waals surface area contributed by atoms with Crippen molar-refractivity contribution in [1.82, 2.24) is 0 Å². The molecule has 0 aromatic carbocycles. The van der Waals surface area contributed by atoms with Crippen molar-refractivity contribution in [2.45, 2.75) is 110 Å². The van der Waals surface area contributed by atoms with Crippen LogP contribution in [0.3, 0.4) is 0 Å². The second-order valence-electron chi connectivity index (χ2n) is 9.28. The first-order valence-electron chi connectivity index (χ1n) is 13.0. The number of nitrogens with one attached hydrogen (secondary N) is 1. The zero-order valence-corrected chi connectivity index (χ0v) is 22.0. The first-order chi connectivity index (χ1) is 15.3. The summed E-state index contributed by atoms with van der Waals surface area (Å²) < 4.78 is 32.1. The normalized spacial score (nSPS) is 18.3. The molecule has 0 fully saturated rings. The van der Waals surface area contributed by atoms with Crippen molar-refractivity contribution in [3.8, 4) is 0 Å². The molecule has 192 valence electrons. The zero-order chi connectivity index (χ0) is 24.1. The molecule has 7 nitrogen and oxygen atoms in total. The molecule has 1 unspecified atom stereocenters. The molecule has 3 N–H and O–H groups in total. The standard InChI is InChI=1S/C23H48N3.CH4O4S/c1-3-4-5-6-7-8-9-10-11-12-13-14-15-16-17-18-23-25-20-22-26(23,2)21-19-24;1-5-6(2,3)4/h3-22,24H2,1-2H3;1H3,(H,2,3,4)/q+1;. The lowest BCUT2D eigenvalue weighted by molar-refractivity contribution is -0.816. The van der Waals surface area contributed by atoms with Crippen LogP contribution in [0.25, 0.3) is 0 Å². The Kier molecular flexibility index (Phi) is 19.6. The van der Waals surface area contributed by atoms with E-state index in [0.29, 0.717) is 0 Å². The molecule has 0 aliphatic carbocycles. The third kappa shape index (κ3) is 18.0. The van der Waals surface area contributed by atoms with Crippen LogP contribution in [-0.2, 0) is 14.6 Å². The molecule has 0 saturated heterocycles. The molecule has 0 spiro atoms. The summed E-state index contributed by atoms with van der Waals surface area (Å²) >= 11 is 0. The average Bonchev–Trinajstić information content (AvgIpc) is 3.11. The summed E-state index contributed by atoms with van der Waals surface area (Å²) in [6.45, 7) is 6.52. The van der Waals surface area contributed by atoms with E-state index in [1.165, 1.54) is 115 Å². The molecule has 0 aromatic rings. The quantitative estimate of drug-likeness (QED) is 0.128. The Morgan fingerprint density at radius 2 is 1.31 bits per heavy atom. The number of nitrogens with two attached hydrogens (primary N) is 1. The highest BCUT2D eigenvalue weighted by Gasteiger charge is 2.37. The number of unbranched alkanes of at least 4 members (excludes halogenated alkanes) is 14. The Morgan fingerprint density at radius 3 is 1.69 bits per heavy atom. The van der Waals surface area contributed by atoms with Gasteiger partial charge in [-0.3, -0.25) is 4.18 Å². The number of nitrogens with zero attached hydrogens (tertiary/aromatic N) is 1. The van der Waals surface area contributed by atoms with Crippen LogP contribution >= 0.6 is 0 Å². The average molecular weight is 479 g/mol. The van der Waals surface area contributed by atoms with Crippen molar-refractivity contribution in [2.24, 2.45) is 5.73 Å². The molecule has 1 aliphatic heterocycles. The zero-order valence-electron chi connectivity index (χ0n) is 21.2. The van der Waals surface area contributed by atoms with Crippen molar-refractivity contribution in [2.75, 3.05) is 40.3 Å². The van der Waals surface area contributed by atoms with Gasteiger partial charge in [0.2, 0.25) is 10.4 Å². The predicted molar refractivity (Wildman–Crippen MR) is 132 cm³/mol. The monoisotopic (exact) mass is 478 g/mol. The minimum atomic E-state index is -4.41. The maximum absolute atomic E-state index is 9.22. The van der Waals surface area contributed by atoms with Gasteiger partial charge in [-0.05, 0) is 6.42 Å². The van der Waals surface area contributed by atoms with E-state index in [4.69, 9.17) is 5.73 Å². The fourth-order valence-electron chi connectivity index (χ4n) is 4.33. The minimum Gasteiger partial charge on any atom is -0.726 e. The molecule has 0 bridgehead atoms. The van der Waals surface area contributed by atoms with Crippen LogP contribution in [0.5, 0.6) is 0 Å². The van der Waals surface area contributed by atoms with Gasteiger partial charge in [0.05, 0.1) is 20.6 Å². The smallest absolute Gasteiger partial charge is 0.336 e. The fourth-order valence-corrected chi connectivity index (χ4v) is 4.33. The highest BCUT2D eigenvalue weighted by molar-refractivity contribution is 7.80. The molecule has 1 atom stereocenters. The summed E-state index contributed by atoms with van der Waals surface area (Å²) in [5, 5.41) is 0. The van der Waals surface area contributed by atoms with Crippen LogP contribution in [0.15, 0.2) is 0 Å². The minimum absolute atomic E-state index is 0.792. The fraction of sp³-hybridized carbons (Fsp3) is 0.958. The summed E-state index contributed by atoms with van der Waals surface area (Å²) in [6.07, 6.45) is 22.8. The van der Waals surface area contributed by atoms with Crippen molar-refractivity contribution in [3.05, 3.63) is 0 Å². The molecule has 1 rings (SSSR count). The van der Waals surface area contributed by atoms with Crippen LogP contribution in [0.4, 0.5) is 0 Å². The molecular formula is C24H52N3O4S+. The molecular weight excluding hydrogens is 426 g/mol. The van der Waals surface area contributed by atoms with Gasteiger partial charge >= 0.3 is 5.84 Å². The summed E-state index contributed by atoms with van der Waals surface area (Å²) in [7, 11) is -1.26. The van der Waals surface area contributed by atoms with Gasteiger partial charge in [-0.25, -0.2) is 12.9 Å². The Labute approximate surface area is 198 Å². The van der Waals surface area contributed by atoms with Gasteiger partial charge in [-0.1, -0.05) is 96.8 Å². The Balaban J connectivity index is 0.00000140. The molecule has 1 heterocycles. The number of hydrogen-bond acceptors (Lipinski definition) is 5. The van der Waals surface area contributed by atoms with Gasteiger partial charge in [-0.2, -0.15) is 4.99 Å². The molecule has 1 aliphatic rings. The topological polar surface area (TPSA) is 106 Å². The van der Waals surface area contributed by atoms with Crippen molar-refractivity contribution >= 4 is 16.2 Å². The molecule has 0 aromatic heterocycles. The van der Waals surface area contributed by atoms with Gasteiger partial charge in [-0.15, -0.1) is 0 Å². The van der Waals surface area contributed by atoms with Crippen LogP contribution in [0, 0.1) is 0 Å². The molecule has 32 heavy (non-hydrogen) atoms. The van der Waals surface area contributed by atoms with Gasteiger partial charge in [0.15, 0.2) is 6.54 Å². The van der Waals surface area contributed by atoms with E-state index >= 15 is 0 Å². The first-order valence-corrected chi connectivity index (χ1v) is 14.3. The molecule has 0 amide bonds. The van der Waals surface area contributed by atoms with Gasteiger partial charge in [0.1, 0.15) is 13.1 Å². The van der Waals surface area contributed by atoms with Gasteiger partial charge in [0.25, 0.3) is 0 Å². The van der Waals surface area contributed by atoms with E-state index in [1.54, 1.807) is 0 Å². The summed E-state index contributed by atoms with van der Waals surface area (Å²) in [4.78, 5) is 3.61. The van der Waals surface area contributed by atoms with Gasteiger partial charge < -0.3 is 10.3 Å². The van der Waals surface area contributed by atoms with E-state index in [1.807, 2.05) is 0 Å². The Bertz CT molecular complexity index is 570. The van der Waals surface area contributed by atoms with E-state index in [2.05, 4.69) is 23.1 Å². The van der Waals surface area contributed by atoms with Crippen molar-refractivity contribution < 1.29 is 26.6 Å². The highest BCUT2D eigenvalue weighted by atomic mass is 32.3. The second-order valence-corrected chi connectivity index (χ2v) is 10.4. The van der Waals surface area contributed by atoms with E-state index in [0.717, 1.165) is 31.2 Å². The molecule has 0 radical (unpaired) electrons. The van der Waals surface area contributed by atoms with Crippen LogP contribution in [-0.4, -0.2) is 63.6 Å². The van der Waals surface area contributed by atoms with Crippen LogP contribution in [0.2, 0.25) is 0 Å². The van der Waals surface area contributed by atoms with E-state index in [-0.39, 0.29) is 0 Å². The van der Waals surface area contributed by atoms with Crippen molar-refractivity contribution in [1.29, 1.82) is 0 Å². The lowest BCUT2D eigenvalue weighted by Gasteiger charge is -2.25. The maximum atomic E-state index is 9.22. The molecule has 8 heteroatoms. The van der Waals surface area contributed by atoms with Gasteiger partial charge in [0, 0.05) is 6.54 Å². The number of hydrogen-bond donors (Lipinski definition) is 2. The summed E-state index contributed by atoms with van der Waals surface area (Å²) in [5.74, 6) is 1.53. The maximum Gasteiger partial charge on any atom is 0.336 e. The highest BCUT2D eigenvalue weighted by Crippen LogP contribution is 2.15. The number of likely N-dealkylation sites (N-methyl/N-ethyl adjacent to an activating group) is 1. The predicted octanol–water partition coefficient (Wildman–Crippen LogP) is 3.24. The Morgan fingerprint density at radius 1 is 0.906 bits per heavy atom.